The molecule has 0 saturated heterocycles. The summed E-state index contributed by atoms with van der Waals surface area (Å²) in [6.45, 7) is 6.66. The highest BCUT2D eigenvalue weighted by Crippen LogP contribution is 2.17. The fourth-order valence-corrected chi connectivity index (χ4v) is 1.65. The van der Waals surface area contributed by atoms with Gasteiger partial charge >= 0.3 is 0 Å². The summed E-state index contributed by atoms with van der Waals surface area (Å²) >= 11 is 3.33. The van der Waals surface area contributed by atoms with Gasteiger partial charge in [0.05, 0.1) is 0 Å². The van der Waals surface area contributed by atoms with E-state index in [2.05, 4.69) is 41.8 Å². The molecule has 0 fully saturated rings. The van der Waals surface area contributed by atoms with E-state index in [9.17, 15) is 0 Å². The fraction of sp³-hybridized carbons (Fsp3) is 0.667. The van der Waals surface area contributed by atoms with Crippen LogP contribution >= 0.6 is 15.9 Å². The van der Waals surface area contributed by atoms with E-state index in [-0.39, 0.29) is 0 Å². The van der Waals surface area contributed by atoms with E-state index in [1.807, 2.05) is 16.9 Å². The molecule has 1 aromatic rings. The van der Waals surface area contributed by atoms with Gasteiger partial charge < -0.3 is 0 Å². The summed E-state index contributed by atoms with van der Waals surface area (Å²) in [6.07, 6.45) is 3.19. The van der Waals surface area contributed by atoms with Crippen LogP contribution in [-0.2, 0) is 0 Å². The normalized spacial score (nSPS) is 13.8. The molecule has 68 valence electrons. The number of nitrogens with zero attached hydrogens (tertiary/aromatic N) is 2. The Labute approximate surface area is 82.1 Å². The van der Waals surface area contributed by atoms with Crippen molar-refractivity contribution in [3.8, 4) is 0 Å². The zero-order valence-electron chi connectivity index (χ0n) is 7.79. The first-order chi connectivity index (χ1) is 5.59. The van der Waals surface area contributed by atoms with Gasteiger partial charge in [0.2, 0.25) is 0 Å². The number of halogens is 1. The third-order valence-corrected chi connectivity index (χ3v) is 2.26. The Kier molecular flexibility index (Phi) is 3.32. The molecule has 0 aliphatic rings. The predicted octanol–water partition coefficient (Wildman–Crippen LogP) is 3.25. The highest BCUT2D eigenvalue weighted by atomic mass is 79.9. The van der Waals surface area contributed by atoms with Gasteiger partial charge in [-0.15, -0.1) is 0 Å². The van der Waals surface area contributed by atoms with Gasteiger partial charge in [-0.1, -0.05) is 13.8 Å². The lowest BCUT2D eigenvalue weighted by Crippen LogP contribution is -2.08. The molecule has 1 aromatic heterocycles. The molecule has 0 aliphatic carbocycles. The summed E-state index contributed by atoms with van der Waals surface area (Å²) in [6, 6.07) is 2.47. The van der Waals surface area contributed by atoms with Gasteiger partial charge in [-0.25, -0.2) is 0 Å². The predicted molar refractivity (Wildman–Crippen MR) is 54.1 cm³/mol. The summed E-state index contributed by atoms with van der Waals surface area (Å²) in [5.41, 5.74) is 0. The molecule has 0 saturated carbocycles. The van der Waals surface area contributed by atoms with E-state index < -0.39 is 0 Å². The van der Waals surface area contributed by atoms with Gasteiger partial charge in [0, 0.05) is 12.2 Å². The minimum Gasteiger partial charge on any atom is -0.269 e. The highest BCUT2D eigenvalue weighted by Gasteiger charge is 2.07. The number of rotatable bonds is 3. The second-order valence-electron chi connectivity index (χ2n) is 3.60. The topological polar surface area (TPSA) is 17.8 Å². The first kappa shape index (κ1) is 9.78. The van der Waals surface area contributed by atoms with Crippen LogP contribution in [0.25, 0.3) is 0 Å². The van der Waals surface area contributed by atoms with Crippen molar-refractivity contribution in [1.82, 2.24) is 9.78 Å². The Hall–Kier alpha value is -0.310. The van der Waals surface area contributed by atoms with E-state index in [1.165, 1.54) is 6.42 Å². The molecule has 12 heavy (non-hydrogen) atoms. The van der Waals surface area contributed by atoms with Crippen LogP contribution in [0.5, 0.6) is 0 Å². The summed E-state index contributed by atoms with van der Waals surface area (Å²) in [4.78, 5) is 0. The lowest BCUT2D eigenvalue weighted by atomic mass is 10.1. The van der Waals surface area contributed by atoms with Crippen molar-refractivity contribution in [1.29, 1.82) is 0 Å². The Bertz CT molecular complexity index is 242. The summed E-state index contributed by atoms with van der Waals surface area (Å²) < 4.78 is 2.92. The largest absolute Gasteiger partial charge is 0.269 e. The molecule has 0 bridgehead atoms. The number of hydrogen-bond donors (Lipinski definition) is 0. The van der Waals surface area contributed by atoms with Crippen LogP contribution < -0.4 is 0 Å². The average molecular weight is 231 g/mol. The van der Waals surface area contributed by atoms with Crippen molar-refractivity contribution in [3.05, 3.63) is 16.9 Å². The standard InChI is InChI=1S/C9H15BrN2/c1-7(2)6-8(3)12-5-4-9(10)11-12/h4-5,7-8H,6H2,1-3H3. The Morgan fingerprint density at radius 1 is 1.50 bits per heavy atom. The van der Waals surface area contributed by atoms with Gasteiger partial charge in [-0.05, 0) is 41.3 Å². The lowest BCUT2D eigenvalue weighted by Gasteiger charge is -2.13. The average Bonchev–Trinajstić information content (AvgIpc) is 2.34. The molecule has 0 spiro atoms. The minimum atomic E-state index is 0.497. The van der Waals surface area contributed by atoms with Gasteiger partial charge in [-0.3, -0.25) is 4.68 Å². The molecule has 0 aromatic carbocycles. The van der Waals surface area contributed by atoms with Gasteiger partial charge in [-0.2, -0.15) is 5.10 Å². The van der Waals surface area contributed by atoms with Crippen LogP contribution in [0.4, 0.5) is 0 Å². The number of aromatic nitrogens is 2. The van der Waals surface area contributed by atoms with Crippen molar-refractivity contribution in [2.45, 2.75) is 33.2 Å². The SMILES string of the molecule is CC(C)CC(C)n1ccc(Br)n1. The monoisotopic (exact) mass is 230 g/mol. The van der Waals surface area contributed by atoms with Crippen molar-refractivity contribution in [2.24, 2.45) is 5.92 Å². The van der Waals surface area contributed by atoms with Crippen LogP contribution in [0, 0.1) is 5.92 Å². The molecule has 1 atom stereocenters. The van der Waals surface area contributed by atoms with E-state index in [4.69, 9.17) is 0 Å². The van der Waals surface area contributed by atoms with Crippen molar-refractivity contribution in [3.63, 3.8) is 0 Å². The van der Waals surface area contributed by atoms with Gasteiger partial charge in [0.15, 0.2) is 0 Å². The molecular weight excluding hydrogens is 216 g/mol. The maximum absolute atomic E-state index is 4.30. The van der Waals surface area contributed by atoms with Crippen LogP contribution in [0.3, 0.4) is 0 Å². The van der Waals surface area contributed by atoms with Crippen molar-refractivity contribution < 1.29 is 0 Å². The minimum absolute atomic E-state index is 0.497. The molecule has 0 amide bonds. The van der Waals surface area contributed by atoms with Crippen LogP contribution in [0.15, 0.2) is 16.9 Å². The molecule has 1 heterocycles. The summed E-state index contributed by atoms with van der Waals surface area (Å²) in [7, 11) is 0. The number of hydrogen-bond acceptors (Lipinski definition) is 1. The summed E-state index contributed by atoms with van der Waals surface area (Å²) in [5.74, 6) is 0.725. The zero-order chi connectivity index (χ0) is 9.14. The maximum atomic E-state index is 4.30. The van der Waals surface area contributed by atoms with Crippen LogP contribution in [0.2, 0.25) is 0 Å². The summed E-state index contributed by atoms with van der Waals surface area (Å²) in [5, 5.41) is 4.30. The van der Waals surface area contributed by atoms with Crippen LogP contribution in [0.1, 0.15) is 33.2 Å². The Morgan fingerprint density at radius 3 is 2.58 bits per heavy atom. The third kappa shape index (κ3) is 2.63. The zero-order valence-corrected chi connectivity index (χ0v) is 9.37. The first-order valence-electron chi connectivity index (χ1n) is 4.30. The molecular formula is C9H15BrN2. The van der Waals surface area contributed by atoms with E-state index in [0.29, 0.717) is 6.04 Å². The highest BCUT2D eigenvalue weighted by molar-refractivity contribution is 9.10. The molecule has 3 heteroatoms. The lowest BCUT2D eigenvalue weighted by molar-refractivity contribution is 0.397. The van der Waals surface area contributed by atoms with Gasteiger partial charge in [0.25, 0.3) is 0 Å². The van der Waals surface area contributed by atoms with Crippen molar-refractivity contribution in [2.75, 3.05) is 0 Å². The second kappa shape index (κ2) is 4.08. The first-order valence-corrected chi connectivity index (χ1v) is 5.09. The van der Waals surface area contributed by atoms with E-state index in [0.717, 1.165) is 10.5 Å². The van der Waals surface area contributed by atoms with Gasteiger partial charge in [0.1, 0.15) is 4.60 Å². The molecule has 0 N–H and O–H groups in total. The molecule has 0 aliphatic heterocycles. The Balaban J connectivity index is 2.58. The molecule has 0 radical (unpaired) electrons. The van der Waals surface area contributed by atoms with E-state index in [1.54, 1.807) is 0 Å². The molecule has 1 unspecified atom stereocenters. The second-order valence-corrected chi connectivity index (χ2v) is 4.41. The van der Waals surface area contributed by atoms with Crippen LogP contribution in [-0.4, -0.2) is 9.78 Å². The Morgan fingerprint density at radius 2 is 2.17 bits per heavy atom. The van der Waals surface area contributed by atoms with E-state index >= 15 is 0 Å². The smallest absolute Gasteiger partial charge is 0.128 e. The molecule has 2 nitrogen and oxygen atoms in total. The third-order valence-electron chi connectivity index (χ3n) is 1.84. The fourth-order valence-electron chi connectivity index (χ4n) is 1.35. The quantitative estimate of drug-likeness (QED) is 0.780. The maximum Gasteiger partial charge on any atom is 0.128 e. The van der Waals surface area contributed by atoms with Crippen molar-refractivity contribution >= 4 is 15.9 Å². The molecule has 1 rings (SSSR count).